The number of hydrogen-bond donors (Lipinski definition) is 2. The van der Waals surface area contributed by atoms with Crippen LogP contribution in [-0.2, 0) is 16.1 Å². The van der Waals surface area contributed by atoms with Crippen LogP contribution < -0.4 is 15.8 Å². The van der Waals surface area contributed by atoms with Crippen molar-refractivity contribution in [2.45, 2.75) is 13.0 Å². The van der Waals surface area contributed by atoms with Crippen LogP contribution in [0.1, 0.15) is 12.0 Å². The summed E-state index contributed by atoms with van der Waals surface area (Å²) in [4.78, 5) is 24.2. The maximum Gasteiger partial charge on any atom is 0.426 e. The summed E-state index contributed by atoms with van der Waals surface area (Å²) in [6.07, 6.45) is -0.382. The topological polar surface area (TPSA) is 70.7 Å². The predicted octanol–water partition coefficient (Wildman–Crippen LogP) is 2.68. The van der Waals surface area contributed by atoms with Crippen LogP contribution in [0.4, 0.5) is 16.2 Å². The van der Waals surface area contributed by atoms with Crippen molar-refractivity contribution in [2.24, 2.45) is 0 Å². The second kappa shape index (κ2) is 6.83. The zero-order valence-electron chi connectivity index (χ0n) is 12.5. The molecule has 2 aromatic carbocycles. The van der Waals surface area contributed by atoms with Gasteiger partial charge in [0.25, 0.3) is 0 Å². The van der Waals surface area contributed by atoms with E-state index in [1.807, 2.05) is 48.5 Å². The van der Waals surface area contributed by atoms with E-state index in [2.05, 4.69) is 10.7 Å². The van der Waals surface area contributed by atoms with Crippen LogP contribution in [0.25, 0.3) is 0 Å². The number of carbonyl (C=O) groups excluding carboxylic acids is 2. The Morgan fingerprint density at radius 2 is 1.87 bits per heavy atom. The lowest BCUT2D eigenvalue weighted by Gasteiger charge is -2.22. The second-order valence-electron chi connectivity index (χ2n) is 5.10. The highest BCUT2D eigenvalue weighted by molar-refractivity contribution is 5.99. The molecular formula is C17H17N3O3. The van der Waals surface area contributed by atoms with Gasteiger partial charge in [0.05, 0.1) is 11.4 Å². The van der Waals surface area contributed by atoms with Gasteiger partial charge in [-0.1, -0.05) is 42.5 Å². The molecule has 2 aromatic rings. The fourth-order valence-electron chi connectivity index (χ4n) is 2.34. The molecule has 3 rings (SSSR count). The number of nitrogens with zero attached hydrogens (tertiary/aromatic N) is 1. The van der Waals surface area contributed by atoms with E-state index in [1.165, 1.54) is 5.01 Å². The monoisotopic (exact) mass is 311 g/mol. The highest BCUT2D eigenvalue weighted by Crippen LogP contribution is 2.27. The number of hydrazine groups is 1. The van der Waals surface area contributed by atoms with Gasteiger partial charge in [-0.15, -0.1) is 0 Å². The molecule has 1 heterocycles. The van der Waals surface area contributed by atoms with Crippen LogP contribution in [0.2, 0.25) is 0 Å². The molecule has 118 valence electrons. The van der Waals surface area contributed by atoms with Gasteiger partial charge in [-0.3, -0.25) is 4.79 Å². The first-order valence-electron chi connectivity index (χ1n) is 7.37. The number of anilines is 2. The highest BCUT2D eigenvalue weighted by Gasteiger charge is 2.24. The molecule has 0 spiro atoms. The molecule has 1 aliphatic rings. The van der Waals surface area contributed by atoms with Gasteiger partial charge in [-0.2, -0.15) is 0 Å². The van der Waals surface area contributed by atoms with Crippen molar-refractivity contribution in [3.8, 4) is 0 Å². The van der Waals surface area contributed by atoms with E-state index >= 15 is 0 Å². The summed E-state index contributed by atoms with van der Waals surface area (Å²) in [7, 11) is 0. The molecule has 0 unspecified atom stereocenters. The first kappa shape index (κ1) is 14.9. The number of carbonyl (C=O) groups is 2. The quantitative estimate of drug-likeness (QED) is 0.914. The maximum atomic E-state index is 12.2. The van der Waals surface area contributed by atoms with Crippen molar-refractivity contribution in [3.63, 3.8) is 0 Å². The number of amides is 2. The van der Waals surface area contributed by atoms with E-state index in [4.69, 9.17) is 4.74 Å². The molecule has 0 aromatic heterocycles. The smallest absolute Gasteiger partial charge is 0.426 e. The van der Waals surface area contributed by atoms with Gasteiger partial charge in [-0.05, 0) is 17.7 Å². The molecule has 1 aliphatic heterocycles. The van der Waals surface area contributed by atoms with E-state index in [1.54, 1.807) is 6.07 Å². The lowest BCUT2D eigenvalue weighted by atomic mass is 10.2. The number of fused-ring (bicyclic) bond motifs is 1. The summed E-state index contributed by atoms with van der Waals surface area (Å²) in [5, 5.41) is 4.40. The van der Waals surface area contributed by atoms with Crippen LogP contribution >= 0.6 is 0 Å². The Bertz CT molecular complexity index is 703. The molecule has 23 heavy (non-hydrogen) atoms. The number of nitrogens with one attached hydrogen (secondary N) is 2. The summed E-state index contributed by atoms with van der Waals surface area (Å²) < 4.78 is 5.17. The molecule has 6 nitrogen and oxygen atoms in total. The third-order valence-electron chi connectivity index (χ3n) is 3.46. The molecular weight excluding hydrogens is 294 g/mol. The Morgan fingerprint density at radius 3 is 2.70 bits per heavy atom. The number of rotatable bonds is 3. The molecule has 0 radical (unpaired) electrons. The lowest BCUT2D eigenvalue weighted by molar-refractivity contribution is -0.118. The molecule has 0 atom stereocenters. The van der Waals surface area contributed by atoms with Gasteiger partial charge in [0.1, 0.15) is 6.61 Å². The minimum Gasteiger partial charge on any atom is -0.443 e. The van der Waals surface area contributed by atoms with Crippen LogP contribution in [0.3, 0.4) is 0 Å². The third-order valence-corrected chi connectivity index (χ3v) is 3.46. The zero-order chi connectivity index (χ0) is 16.1. The van der Waals surface area contributed by atoms with Gasteiger partial charge in [-0.25, -0.2) is 15.2 Å². The first-order valence-corrected chi connectivity index (χ1v) is 7.37. The van der Waals surface area contributed by atoms with Gasteiger partial charge in [0.2, 0.25) is 5.91 Å². The Kier molecular flexibility index (Phi) is 4.42. The van der Waals surface area contributed by atoms with Crippen LogP contribution in [0.15, 0.2) is 54.6 Å². The predicted molar refractivity (Wildman–Crippen MR) is 86.8 cm³/mol. The van der Waals surface area contributed by atoms with Gasteiger partial charge in [0, 0.05) is 13.0 Å². The molecule has 2 amide bonds. The molecule has 0 saturated carbocycles. The number of hydrogen-bond acceptors (Lipinski definition) is 4. The fraction of sp³-hybridized carbons (Fsp3) is 0.176. The Balaban J connectivity index is 1.68. The average Bonchev–Trinajstić information content (AvgIpc) is 2.74. The Labute approximate surface area is 134 Å². The van der Waals surface area contributed by atoms with Gasteiger partial charge in [0.15, 0.2) is 0 Å². The average molecular weight is 311 g/mol. The summed E-state index contributed by atoms with van der Waals surface area (Å²) >= 11 is 0. The fourth-order valence-corrected chi connectivity index (χ4v) is 2.34. The second-order valence-corrected chi connectivity index (χ2v) is 5.10. The lowest BCUT2D eigenvalue weighted by Crippen LogP contribution is -2.46. The van der Waals surface area contributed by atoms with Crippen molar-refractivity contribution >= 4 is 23.4 Å². The molecule has 2 N–H and O–H groups in total. The van der Waals surface area contributed by atoms with Crippen LogP contribution in [0.5, 0.6) is 0 Å². The van der Waals surface area contributed by atoms with Gasteiger partial charge < -0.3 is 10.1 Å². The highest BCUT2D eigenvalue weighted by atomic mass is 16.6. The maximum absolute atomic E-state index is 12.2. The summed E-state index contributed by atoms with van der Waals surface area (Å²) in [6.45, 7) is 0.668. The first-order chi connectivity index (χ1) is 11.2. The standard InChI is InChI=1S/C17H17N3O3/c21-16-10-11-18-14-8-4-5-9-15(14)20(16)19-17(22)23-12-13-6-2-1-3-7-13/h1-9,18H,10-12H2,(H,19,22). The SMILES string of the molecule is O=C(NN1C(=O)CCNc2ccccc21)OCc1ccccc1. The molecule has 0 saturated heterocycles. The number of para-hydroxylation sites is 2. The van der Waals surface area contributed by atoms with E-state index in [-0.39, 0.29) is 18.9 Å². The summed E-state index contributed by atoms with van der Waals surface area (Å²) in [5.74, 6) is -0.195. The van der Waals surface area contributed by atoms with Crippen LogP contribution in [0, 0.1) is 0 Å². The third kappa shape index (κ3) is 3.60. The van der Waals surface area contributed by atoms with Crippen LogP contribution in [-0.4, -0.2) is 18.5 Å². The van der Waals surface area contributed by atoms with Crippen molar-refractivity contribution in [1.29, 1.82) is 0 Å². The summed E-state index contributed by atoms with van der Waals surface area (Å²) in [5.41, 5.74) is 4.80. The van der Waals surface area contributed by atoms with E-state index < -0.39 is 6.09 Å². The number of ether oxygens (including phenoxy) is 1. The van der Waals surface area contributed by atoms with E-state index in [0.29, 0.717) is 12.2 Å². The van der Waals surface area contributed by atoms with Crippen molar-refractivity contribution < 1.29 is 14.3 Å². The zero-order valence-corrected chi connectivity index (χ0v) is 12.5. The minimum absolute atomic E-state index is 0.147. The van der Waals surface area contributed by atoms with Crippen molar-refractivity contribution in [3.05, 3.63) is 60.2 Å². The Hall–Kier alpha value is -3.02. The number of benzene rings is 2. The van der Waals surface area contributed by atoms with Gasteiger partial charge >= 0.3 is 6.09 Å². The van der Waals surface area contributed by atoms with E-state index in [9.17, 15) is 9.59 Å². The van der Waals surface area contributed by atoms with Crippen molar-refractivity contribution in [1.82, 2.24) is 5.43 Å². The van der Waals surface area contributed by atoms with E-state index in [0.717, 1.165) is 11.3 Å². The molecule has 0 fully saturated rings. The Morgan fingerprint density at radius 1 is 1.13 bits per heavy atom. The molecule has 0 bridgehead atoms. The molecule has 0 aliphatic carbocycles. The molecule has 6 heteroatoms. The van der Waals surface area contributed by atoms with Crippen molar-refractivity contribution in [2.75, 3.05) is 16.9 Å². The largest absolute Gasteiger partial charge is 0.443 e. The summed E-state index contributed by atoms with van der Waals surface area (Å²) in [6, 6.07) is 16.7. The normalized spacial score (nSPS) is 13.6. The minimum atomic E-state index is -0.668.